The Bertz CT molecular complexity index is 697. The van der Waals surface area contributed by atoms with E-state index in [0.717, 1.165) is 12.1 Å². The zero-order chi connectivity index (χ0) is 15.0. The first-order valence-corrected chi connectivity index (χ1v) is 6.97. The maximum absolute atomic E-state index is 12.8. The van der Waals surface area contributed by atoms with E-state index in [1.165, 1.54) is 5.56 Å². The number of rotatable bonds is 2. The van der Waals surface area contributed by atoms with Crippen LogP contribution in [0, 0.1) is 0 Å². The Morgan fingerprint density at radius 1 is 1.29 bits per heavy atom. The number of para-hydroxylation sites is 1. The quantitative estimate of drug-likeness (QED) is 0.862. The number of benzene rings is 2. The number of methoxy groups -OCH3 is 1. The summed E-state index contributed by atoms with van der Waals surface area (Å²) in [6.45, 7) is 2.06. The van der Waals surface area contributed by atoms with Crippen molar-refractivity contribution in [1.82, 2.24) is 0 Å². The Hall–Kier alpha value is -2.49. The van der Waals surface area contributed by atoms with Crippen LogP contribution >= 0.6 is 0 Å². The predicted molar refractivity (Wildman–Crippen MR) is 83.8 cm³/mol. The van der Waals surface area contributed by atoms with Crippen LogP contribution in [0.5, 0.6) is 5.75 Å². The van der Waals surface area contributed by atoms with Crippen molar-refractivity contribution >= 4 is 17.3 Å². The summed E-state index contributed by atoms with van der Waals surface area (Å²) in [7, 11) is 1.55. The molecule has 2 N–H and O–H groups in total. The first-order valence-electron chi connectivity index (χ1n) is 6.97. The van der Waals surface area contributed by atoms with Crippen molar-refractivity contribution < 1.29 is 9.53 Å². The van der Waals surface area contributed by atoms with E-state index in [9.17, 15) is 4.79 Å². The first-order chi connectivity index (χ1) is 10.1. The number of hydrogen-bond acceptors (Lipinski definition) is 3. The summed E-state index contributed by atoms with van der Waals surface area (Å²) in [5.41, 5.74) is 9.13. The van der Waals surface area contributed by atoms with Gasteiger partial charge in [0.05, 0.1) is 12.8 Å². The highest BCUT2D eigenvalue weighted by Gasteiger charge is 2.31. The molecule has 2 aromatic carbocycles. The van der Waals surface area contributed by atoms with Crippen LogP contribution in [0.2, 0.25) is 0 Å². The van der Waals surface area contributed by atoms with Gasteiger partial charge in [0.15, 0.2) is 0 Å². The molecule has 3 rings (SSSR count). The Balaban J connectivity index is 1.99. The van der Waals surface area contributed by atoms with E-state index in [0.29, 0.717) is 17.0 Å². The van der Waals surface area contributed by atoms with Gasteiger partial charge in [0.2, 0.25) is 0 Å². The van der Waals surface area contributed by atoms with Crippen LogP contribution in [0.3, 0.4) is 0 Å². The van der Waals surface area contributed by atoms with Gasteiger partial charge in [-0.15, -0.1) is 0 Å². The van der Waals surface area contributed by atoms with E-state index in [-0.39, 0.29) is 11.9 Å². The molecular weight excluding hydrogens is 264 g/mol. The van der Waals surface area contributed by atoms with Gasteiger partial charge in [0.1, 0.15) is 5.75 Å². The molecule has 108 valence electrons. The molecule has 1 unspecified atom stereocenters. The van der Waals surface area contributed by atoms with E-state index in [2.05, 4.69) is 13.0 Å². The Morgan fingerprint density at radius 3 is 2.81 bits per heavy atom. The lowest BCUT2D eigenvalue weighted by atomic mass is 10.1. The van der Waals surface area contributed by atoms with Crippen LogP contribution in [-0.4, -0.2) is 19.1 Å². The van der Waals surface area contributed by atoms with Gasteiger partial charge in [-0.3, -0.25) is 4.79 Å². The lowest BCUT2D eigenvalue weighted by Gasteiger charge is -2.23. The van der Waals surface area contributed by atoms with Crippen molar-refractivity contribution in [2.24, 2.45) is 0 Å². The van der Waals surface area contributed by atoms with Gasteiger partial charge in [0.25, 0.3) is 5.91 Å². The molecule has 0 saturated carbocycles. The van der Waals surface area contributed by atoms with Crippen molar-refractivity contribution in [3.8, 4) is 5.75 Å². The van der Waals surface area contributed by atoms with E-state index in [1.807, 2.05) is 23.1 Å². The molecule has 0 bridgehead atoms. The number of anilines is 2. The van der Waals surface area contributed by atoms with Crippen LogP contribution in [0.25, 0.3) is 0 Å². The number of carbonyl (C=O) groups excluding carboxylic acids is 1. The van der Waals surface area contributed by atoms with Gasteiger partial charge in [-0.1, -0.05) is 18.2 Å². The highest BCUT2D eigenvalue weighted by atomic mass is 16.5. The molecule has 1 aliphatic rings. The molecule has 0 fully saturated rings. The number of nitrogen functional groups attached to an aromatic ring is 1. The molecule has 0 aromatic heterocycles. The Kier molecular flexibility index (Phi) is 3.29. The molecule has 4 nitrogen and oxygen atoms in total. The second-order valence-corrected chi connectivity index (χ2v) is 5.31. The average Bonchev–Trinajstić information content (AvgIpc) is 2.82. The van der Waals surface area contributed by atoms with Crippen LogP contribution in [-0.2, 0) is 6.42 Å². The second kappa shape index (κ2) is 5.13. The second-order valence-electron chi connectivity index (χ2n) is 5.31. The predicted octanol–water partition coefficient (Wildman–Crippen LogP) is 2.87. The van der Waals surface area contributed by atoms with Crippen molar-refractivity contribution in [3.05, 3.63) is 53.6 Å². The molecule has 1 amide bonds. The van der Waals surface area contributed by atoms with Gasteiger partial charge >= 0.3 is 0 Å². The summed E-state index contributed by atoms with van der Waals surface area (Å²) in [6, 6.07) is 13.3. The molecule has 0 radical (unpaired) electrons. The standard InChI is InChI=1S/C17H18N2O2/c1-11-9-12-5-3-4-6-15(12)19(11)17(20)13-7-8-14(18)16(10-13)21-2/h3-8,10-11H,9,18H2,1-2H3. The van der Waals surface area contributed by atoms with Gasteiger partial charge < -0.3 is 15.4 Å². The first kappa shape index (κ1) is 13.5. The SMILES string of the molecule is COc1cc(C(=O)N2c3ccccc3CC2C)ccc1N. The van der Waals surface area contributed by atoms with E-state index in [1.54, 1.807) is 25.3 Å². The van der Waals surface area contributed by atoms with Gasteiger partial charge in [0, 0.05) is 17.3 Å². The molecule has 2 aromatic rings. The lowest BCUT2D eigenvalue weighted by Crippen LogP contribution is -2.35. The van der Waals surface area contributed by atoms with E-state index in [4.69, 9.17) is 10.5 Å². The minimum atomic E-state index is -0.0225. The maximum Gasteiger partial charge on any atom is 0.258 e. The smallest absolute Gasteiger partial charge is 0.258 e. The summed E-state index contributed by atoms with van der Waals surface area (Å²) in [5, 5.41) is 0. The number of nitrogens with zero attached hydrogens (tertiary/aromatic N) is 1. The molecule has 0 spiro atoms. The molecule has 1 aliphatic heterocycles. The molecule has 0 aliphatic carbocycles. The minimum Gasteiger partial charge on any atom is -0.495 e. The summed E-state index contributed by atoms with van der Waals surface area (Å²) >= 11 is 0. The number of amides is 1. The monoisotopic (exact) mass is 282 g/mol. The van der Waals surface area contributed by atoms with Crippen LogP contribution in [0.1, 0.15) is 22.8 Å². The molecule has 0 saturated heterocycles. The normalized spacial score (nSPS) is 16.7. The number of ether oxygens (including phenoxy) is 1. The van der Waals surface area contributed by atoms with E-state index < -0.39 is 0 Å². The third-order valence-electron chi connectivity index (χ3n) is 3.91. The highest BCUT2D eigenvalue weighted by molar-refractivity contribution is 6.08. The third-order valence-corrected chi connectivity index (χ3v) is 3.91. The van der Waals surface area contributed by atoms with Crippen LogP contribution in [0.4, 0.5) is 11.4 Å². The van der Waals surface area contributed by atoms with Crippen molar-refractivity contribution in [3.63, 3.8) is 0 Å². The number of nitrogens with two attached hydrogens (primary N) is 1. The number of carbonyl (C=O) groups is 1. The Labute approximate surface area is 124 Å². The molecule has 1 atom stereocenters. The fourth-order valence-electron chi connectivity index (χ4n) is 2.86. The van der Waals surface area contributed by atoms with Crippen LogP contribution in [0.15, 0.2) is 42.5 Å². The van der Waals surface area contributed by atoms with Crippen molar-refractivity contribution in [2.75, 3.05) is 17.7 Å². The van der Waals surface area contributed by atoms with Crippen molar-refractivity contribution in [2.45, 2.75) is 19.4 Å². The zero-order valence-corrected chi connectivity index (χ0v) is 12.2. The third kappa shape index (κ3) is 2.23. The average molecular weight is 282 g/mol. The van der Waals surface area contributed by atoms with Crippen molar-refractivity contribution in [1.29, 1.82) is 0 Å². The summed E-state index contributed by atoms with van der Waals surface area (Å²) in [4.78, 5) is 14.7. The maximum atomic E-state index is 12.8. The molecular formula is C17H18N2O2. The number of hydrogen-bond donors (Lipinski definition) is 1. The van der Waals surface area contributed by atoms with Gasteiger partial charge in [-0.05, 0) is 43.2 Å². The fourth-order valence-corrected chi connectivity index (χ4v) is 2.86. The lowest BCUT2D eigenvalue weighted by molar-refractivity contribution is 0.0981. The largest absolute Gasteiger partial charge is 0.495 e. The fraction of sp³-hybridized carbons (Fsp3) is 0.235. The molecule has 1 heterocycles. The highest BCUT2D eigenvalue weighted by Crippen LogP contribution is 2.34. The number of fused-ring (bicyclic) bond motifs is 1. The summed E-state index contributed by atoms with van der Waals surface area (Å²) < 4.78 is 5.20. The van der Waals surface area contributed by atoms with Gasteiger partial charge in [-0.25, -0.2) is 0 Å². The summed E-state index contributed by atoms with van der Waals surface area (Å²) in [5.74, 6) is 0.506. The van der Waals surface area contributed by atoms with Crippen LogP contribution < -0.4 is 15.4 Å². The Morgan fingerprint density at radius 2 is 2.05 bits per heavy atom. The molecule has 4 heteroatoms. The minimum absolute atomic E-state index is 0.0225. The summed E-state index contributed by atoms with van der Waals surface area (Å²) in [6.07, 6.45) is 0.883. The molecule has 21 heavy (non-hydrogen) atoms. The van der Waals surface area contributed by atoms with E-state index >= 15 is 0 Å². The zero-order valence-electron chi connectivity index (χ0n) is 12.2. The topological polar surface area (TPSA) is 55.6 Å². The van der Waals surface area contributed by atoms with Gasteiger partial charge in [-0.2, -0.15) is 0 Å².